The first-order valence-corrected chi connectivity index (χ1v) is 5.92. The van der Waals surface area contributed by atoms with Gasteiger partial charge in [0.1, 0.15) is 0 Å². The van der Waals surface area contributed by atoms with E-state index in [0.717, 1.165) is 0 Å². The normalized spacial score (nSPS) is 13.5. The fourth-order valence-electron chi connectivity index (χ4n) is 1.59. The Labute approximate surface area is 107 Å². The number of rotatable bonds is 5. The van der Waals surface area contributed by atoms with E-state index < -0.39 is 5.54 Å². The van der Waals surface area contributed by atoms with Gasteiger partial charge >= 0.3 is 0 Å². The molecule has 0 aliphatic rings. The third kappa shape index (κ3) is 4.11. The van der Waals surface area contributed by atoms with E-state index in [-0.39, 0.29) is 18.4 Å². The highest BCUT2D eigenvalue weighted by molar-refractivity contribution is 6.31. The minimum absolute atomic E-state index is 0.0276. The van der Waals surface area contributed by atoms with Crippen LogP contribution in [0.15, 0.2) is 24.3 Å². The molecule has 0 fully saturated rings. The highest BCUT2D eigenvalue weighted by Gasteiger charge is 2.23. The summed E-state index contributed by atoms with van der Waals surface area (Å²) in [5.74, 6) is -0.0333. The van der Waals surface area contributed by atoms with Crippen molar-refractivity contribution in [3.8, 4) is 0 Å². The van der Waals surface area contributed by atoms with Crippen LogP contribution in [0.2, 0.25) is 5.02 Å². The van der Waals surface area contributed by atoms with Crippen LogP contribution in [0.5, 0.6) is 0 Å². The van der Waals surface area contributed by atoms with E-state index in [1.165, 1.54) is 0 Å². The second kappa shape index (κ2) is 5.63. The van der Waals surface area contributed by atoms with E-state index in [0.29, 0.717) is 10.6 Å². The van der Waals surface area contributed by atoms with Crippen LogP contribution < -0.4 is 5.32 Å². The summed E-state index contributed by atoms with van der Waals surface area (Å²) in [6, 6.07) is 6.50. The van der Waals surface area contributed by atoms with Gasteiger partial charge in [-0.15, -0.1) is 0 Å². The smallest absolute Gasteiger partial charge is 0.179 e. The minimum Gasteiger partial charge on any atom is -0.394 e. The molecule has 0 spiro atoms. The number of nitrogens with one attached hydrogen (secondary N) is 1. The Morgan fingerprint density at radius 2 is 2.18 bits per heavy atom. The number of aliphatic hydroxyl groups is 1. The first kappa shape index (κ1) is 14.2. The zero-order valence-corrected chi connectivity index (χ0v) is 11.1. The summed E-state index contributed by atoms with van der Waals surface area (Å²) in [7, 11) is 0. The molecule has 94 valence electrons. The van der Waals surface area contributed by atoms with Gasteiger partial charge in [-0.3, -0.25) is 4.79 Å². The summed E-state index contributed by atoms with van der Waals surface area (Å²) in [6.07, 6.45) is 0. The molecule has 0 radical (unpaired) electrons. The third-order valence-electron chi connectivity index (χ3n) is 2.50. The lowest BCUT2D eigenvalue weighted by atomic mass is 10.0. The summed E-state index contributed by atoms with van der Waals surface area (Å²) >= 11 is 5.84. The minimum atomic E-state index is -0.479. The largest absolute Gasteiger partial charge is 0.394 e. The van der Waals surface area contributed by atoms with Crippen LogP contribution in [0.3, 0.4) is 0 Å². The summed E-state index contributed by atoms with van der Waals surface area (Å²) in [6.45, 7) is 5.43. The Kier molecular flexibility index (Phi) is 4.69. The van der Waals surface area contributed by atoms with Crippen molar-refractivity contribution in [2.24, 2.45) is 0 Å². The van der Waals surface area contributed by atoms with Gasteiger partial charge in [-0.05, 0) is 32.9 Å². The number of aliphatic hydroxyl groups excluding tert-OH is 1. The molecule has 4 heteroatoms. The second-order valence-electron chi connectivity index (χ2n) is 4.78. The van der Waals surface area contributed by atoms with Crippen molar-refractivity contribution in [2.45, 2.75) is 32.4 Å². The number of Topliss-reactive ketones (excluding diaryl/α,β-unsaturated/α-hetero) is 1. The van der Waals surface area contributed by atoms with E-state index in [2.05, 4.69) is 5.32 Å². The molecule has 1 rings (SSSR count). The zero-order valence-electron chi connectivity index (χ0n) is 10.3. The van der Waals surface area contributed by atoms with Crippen LogP contribution in [0.4, 0.5) is 0 Å². The maximum absolute atomic E-state index is 12.1. The average Bonchev–Trinajstić information content (AvgIpc) is 2.27. The molecular weight excluding hydrogens is 238 g/mol. The van der Waals surface area contributed by atoms with Crippen molar-refractivity contribution in [3.05, 3.63) is 34.9 Å². The van der Waals surface area contributed by atoms with Gasteiger partial charge in [0.05, 0.1) is 12.6 Å². The molecule has 0 aromatic heterocycles. The van der Waals surface area contributed by atoms with E-state index in [1.807, 2.05) is 13.8 Å². The number of hydrogen-bond acceptors (Lipinski definition) is 3. The monoisotopic (exact) mass is 255 g/mol. The van der Waals surface area contributed by atoms with Gasteiger partial charge in [-0.25, -0.2) is 0 Å². The first-order valence-electron chi connectivity index (χ1n) is 5.54. The molecular formula is C13H18ClNO2. The van der Waals surface area contributed by atoms with Gasteiger partial charge in [0.25, 0.3) is 0 Å². The maximum Gasteiger partial charge on any atom is 0.179 e. The molecule has 0 amide bonds. The fraction of sp³-hybridized carbons (Fsp3) is 0.462. The van der Waals surface area contributed by atoms with Crippen molar-refractivity contribution < 1.29 is 9.90 Å². The Morgan fingerprint density at radius 1 is 1.53 bits per heavy atom. The Morgan fingerprint density at radius 3 is 2.71 bits per heavy atom. The number of benzene rings is 1. The number of hydrogen-bond donors (Lipinski definition) is 2. The van der Waals surface area contributed by atoms with Crippen LogP contribution >= 0.6 is 11.6 Å². The van der Waals surface area contributed by atoms with Gasteiger partial charge in [0.15, 0.2) is 5.78 Å². The fourth-order valence-corrected chi connectivity index (χ4v) is 1.78. The van der Waals surface area contributed by atoms with Crippen LogP contribution in [-0.4, -0.2) is 29.1 Å². The van der Waals surface area contributed by atoms with E-state index in [4.69, 9.17) is 16.7 Å². The maximum atomic E-state index is 12.1. The highest BCUT2D eigenvalue weighted by Crippen LogP contribution is 2.13. The molecule has 1 unspecified atom stereocenters. The molecule has 0 bridgehead atoms. The van der Waals surface area contributed by atoms with Crippen LogP contribution in [0, 0.1) is 0 Å². The van der Waals surface area contributed by atoms with Crippen molar-refractivity contribution in [2.75, 3.05) is 6.61 Å². The van der Waals surface area contributed by atoms with Crippen molar-refractivity contribution in [1.29, 1.82) is 0 Å². The number of carbonyl (C=O) groups is 1. The molecule has 0 saturated carbocycles. The van der Waals surface area contributed by atoms with Gasteiger partial charge in [0.2, 0.25) is 0 Å². The Bertz CT molecular complexity index is 404. The van der Waals surface area contributed by atoms with Gasteiger partial charge in [-0.2, -0.15) is 0 Å². The SMILES string of the molecule is CC(NC(C)(C)CO)C(=O)c1cccc(Cl)c1. The second-order valence-corrected chi connectivity index (χ2v) is 5.22. The van der Waals surface area contributed by atoms with E-state index in [9.17, 15) is 4.79 Å². The van der Waals surface area contributed by atoms with Gasteiger partial charge in [0, 0.05) is 16.1 Å². The zero-order chi connectivity index (χ0) is 13.1. The molecule has 0 heterocycles. The summed E-state index contributed by atoms with van der Waals surface area (Å²) in [5.41, 5.74) is 0.0967. The molecule has 2 N–H and O–H groups in total. The molecule has 0 saturated heterocycles. The lowest BCUT2D eigenvalue weighted by molar-refractivity contribution is 0.0911. The standard InChI is InChI=1S/C13H18ClNO2/c1-9(15-13(2,3)8-16)12(17)10-5-4-6-11(14)7-10/h4-7,9,15-16H,8H2,1-3H3. The lowest BCUT2D eigenvalue weighted by Crippen LogP contribution is -2.50. The lowest BCUT2D eigenvalue weighted by Gasteiger charge is -2.27. The third-order valence-corrected chi connectivity index (χ3v) is 2.74. The molecule has 1 aromatic carbocycles. The molecule has 3 nitrogen and oxygen atoms in total. The van der Waals surface area contributed by atoms with Crippen LogP contribution in [0.25, 0.3) is 0 Å². The first-order chi connectivity index (χ1) is 7.85. The summed E-state index contributed by atoms with van der Waals surface area (Å²) in [4.78, 5) is 12.1. The van der Waals surface area contributed by atoms with E-state index in [1.54, 1.807) is 31.2 Å². The predicted octanol–water partition coefficient (Wildman–Crippen LogP) is 2.27. The Balaban J connectivity index is 2.77. The molecule has 0 aliphatic heterocycles. The van der Waals surface area contributed by atoms with Gasteiger partial charge < -0.3 is 10.4 Å². The Hall–Kier alpha value is -0.900. The molecule has 1 atom stereocenters. The quantitative estimate of drug-likeness (QED) is 0.794. The topological polar surface area (TPSA) is 49.3 Å². The predicted molar refractivity (Wildman–Crippen MR) is 69.5 cm³/mol. The number of halogens is 1. The van der Waals surface area contributed by atoms with Crippen LogP contribution in [0.1, 0.15) is 31.1 Å². The highest BCUT2D eigenvalue weighted by atomic mass is 35.5. The number of ketones is 1. The van der Waals surface area contributed by atoms with Crippen molar-refractivity contribution in [3.63, 3.8) is 0 Å². The average molecular weight is 256 g/mol. The number of carbonyl (C=O) groups excluding carboxylic acids is 1. The molecule has 17 heavy (non-hydrogen) atoms. The van der Waals surface area contributed by atoms with E-state index >= 15 is 0 Å². The summed E-state index contributed by atoms with van der Waals surface area (Å²) in [5, 5.41) is 12.8. The van der Waals surface area contributed by atoms with Crippen LogP contribution in [-0.2, 0) is 0 Å². The summed E-state index contributed by atoms with van der Waals surface area (Å²) < 4.78 is 0. The van der Waals surface area contributed by atoms with Crippen molar-refractivity contribution >= 4 is 17.4 Å². The van der Waals surface area contributed by atoms with Crippen molar-refractivity contribution in [1.82, 2.24) is 5.32 Å². The molecule has 0 aliphatic carbocycles. The van der Waals surface area contributed by atoms with Gasteiger partial charge in [-0.1, -0.05) is 23.7 Å². The molecule has 1 aromatic rings.